The van der Waals surface area contributed by atoms with Crippen LogP contribution < -0.4 is 5.56 Å². The molecule has 3 heterocycles. The molecule has 2 aromatic heterocycles. The molecule has 3 aromatic rings. The highest BCUT2D eigenvalue weighted by Crippen LogP contribution is 2.34. The Bertz CT molecular complexity index is 1210. The third-order valence-corrected chi connectivity index (χ3v) is 7.96. The fraction of sp³-hybridized carbons (Fsp3) is 0.643. The van der Waals surface area contributed by atoms with Gasteiger partial charge in [-0.15, -0.1) is 5.10 Å². The summed E-state index contributed by atoms with van der Waals surface area (Å²) in [6.45, 7) is 8.70. The first-order valence-electron chi connectivity index (χ1n) is 13.8. The Morgan fingerprint density at radius 2 is 1.97 bits per heavy atom. The van der Waals surface area contributed by atoms with Gasteiger partial charge in [0.1, 0.15) is 0 Å². The van der Waals surface area contributed by atoms with Gasteiger partial charge in [0.15, 0.2) is 5.82 Å². The summed E-state index contributed by atoms with van der Waals surface area (Å²) in [4.78, 5) is 18.7. The highest BCUT2D eigenvalue weighted by atomic mass is 16.5. The van der Waals surface area contributed by atoms with Crippen molar-refractivity contribution in [1.82, 2.24) is 30.1 Å². The molecule has 8 heteroatoms. The number of rotatable bonds is 9. The molecular weight excluding hydrogens is 452 g/mol. The number of hydrogen-bond acceptors (Lipinski definition) is 6. The quantitative estimate of drug-likeness (QED) is 0.454. The zero-order valence-corrected chi connectivity index (χ0v) is 21.9. The topological polar surface area (TPSA) is 88.9 Å². The van der Waals surface area contributed by atoms with Crippen molar-refractivity contribution < 1.29 is 4.74 Å². The van der Waals surface area contributed by atoms with E-state index in [-0.39, 0.29) is 23.6 Å². The minimum Gasteiger partial charge on any atom is -0.377 e. The second-order valence-corrected chi connectivity index (χ2v) is 10.9. The summed E-state index contributed by atoms with van der Waals surface area (Å²) < 4.78 is 8.15. The standard InChI is InChI=1S/C28H40N6O2/c1-4-20-12-13-25-21(15-20)16-22(28(35)29-25)17-33(18-24-11-8-14-36-24)26(19(2)3)27-30-31-32-34(27)23-9-6-5-7-10-23/h12-13,15-16,19,23-24,26H,4-11,14,17-18H2,1-3H3,(H,29,35). The van der Waals surface area contributed by atoms with E-state index in [9.17, 15) is 4.79 Å². The first kappa shape index (κ1) is 25.1. The predicted octanol–water partition coefficient (Wildman–Crippen LogP) is 4.96. The summed E-state index contributed by atoms with van der Waals surface area (Å²) in [6.07, 6.45) is 9.24. The number of aromatic nitrogens is 5. The minimum atomic E-state index is -0.0292. The predicted molar refractivity (Wildman–Crippen MR) is 141 cm³/mol. The highest BCUT2D eigenvalue weighted by Gasteiger charge is 2.34. The average Bonchev–Trinajstić information content (AvgIpc) is 3.57. The Morgan fingerprint density at radius 1 is 1.14 bits per heavy atom. The molecule has 1 N–H and O–H groups in total. The molecule has 36 heavy (non-hydrogen) atoms. The molecule has 1 aromatic carbocycles. The van der Waals surface area contributed by atoms with Gasteiger partial charge in [0.2, 0.25) is 0 Å². The van der Waals surface area contributed by atoms with E-state index in [1.54, 1.807) is 0 Å². The third kappa shape index (κ3) is 5.39. The lowest BCUT2D eigenvalue weighted by Crippen LogP contribution is -2.40. The minimum absolute atomic E-state index is 0.0109. The molecule has 8 nitrogen and oxygen atoms in total. The summed E-state index contributed by atoms with van der Waals surface area (Å²) in [6, 6.07) is 8.69. The highest BCUT2D eigenvalue weighted by molar-refractivity contribution is 5.79. The third-order valence-electron chi connectivity index (χ3n) is 7.96. The van der Waals surface area contributed by atoms with Crippen molar-refractivity contribution in [1.29, 1.82) is 0 Å². The second-order valence-electron chi connectivity index (χ2n) is 10.9. The first-order valence-corrected chi connectivity index (χ1v) is 13.8. The lowest BCUT2D eigenvalue weighted by molar-refractivity contribution is 0.0375. The van der Waals surface area contributed by atoms with E-state index in [1.165, 1.54) is 24.8 Å². The van der Waals surface area contributed by atoms with Crippen molar-refractivity contribution in [2.24, 2.45) is 5.92 Å². The Morgan fingerprint density at radius 3 is 2.69 bits per heavy atom. The van der Waals surface area contributed by atoms with Gasteiger partial charge < -0.3 is 9.72 Å². The van der Waals surface area contributed by atoms with Crippen LogP contribution in [0.1, 0.15) is 94.8 Å². The summed E-state index contributed by atoms with van der Waals surface area (Å²) in [7, 11) is 0. The zero-order valence-electron chi connectivity index (χ0n) is 21.9. The number of nitrogens with one attached hydrogen (secondary N) is 1. The average molecular weight is 493 g/mol. The normalized spacial score (nSPS) is 20.1. The van der Waals surface area contributed by atoms with E-state index < -0.39 is 0 Å². The fourth-order valence-electron chi connectivity index (χ4n) is 6.05. The molecule has 1 aliphatic carbocycles. The number of tetrazole rings is 1. The molecule has 1 aliphatic heterocycles. The van der Waals surface area contributed by atoms with Gasteiger partial charge in [-0.3, -0.25) is 9.69 Å². The molecule has 1 saturated carbocycles. The summed E-state index contributed by atoms with van der Waals surface area (Å²) in [5, 5.41) is 14.3. The Balaban J connectivity index is 1.51. The van der Waals surface area contributed by atoms with Gasteiger partial charge in [0, 0.05) is 30.8 Å². The van der Waals surface area contributed by atoms with Crippen LogP contribution in [0.3, 0.4) is 0 Å². The van der Waals surface area contributed by atoms with Crippen LogP contribution in [0.15, 0.2) is 29.1 Å². The molecule has 194 valence electrons. The molecule has 2 atom stereocenters. The number of benzene rings is 1. The van der Waals surface area contributed by atoms with Crippen molar-refractivity contribution in [3.63, 3.8) is 0 Å². The smallest absolute Gasteiger partial charge is 0.252 e. The second kappa shape index (κ2) is 11.2. The first-order chi connectivity index (χ1) is 17.5. The van der Waals surface area contributed by atoms with Crippen LogP contribution in [0.4, 0.5) is 0 Å². The van der Waals surface area contributed by atoms with Crippen molar-refractivity contribution in [2.45, 2.75) is 96.9 Å². The van der Waals surface area contributed by atoms with E-state index in [0.29, 0.717) is 12.6 Å². The number of aryl methyl sites for hydroxylation is 1. The van der Waals surface area contributed by atoms with Gasteiger partial charge in [0.25, 0.3) is 5.56 Å². The van der Waals surface area contributed by atoms with E-state index in [1.807, 2.05) is 6.07 Å². The number of fused-ring (bicyclic) bond motifs is 1. The van der Waals surface area contributed by atoms with Gasteiger partial charge >= 0.3 is 0 Å². The summed E-state index contributed by atoms with van der Waals surface area (Å²) in [5.41, 5.74) is 2.89. The largest absolute Gasteiger partial charge is 0.377 e. The SMILES string of the molecule is CCc1ccc2[nH]c(=O)c(CN(CC3CCCO3)C(c3nnnn3C3CCCCC3)C(C)C)cc2c1. The van der Waals surface area contributed by atoms with Crippen LogP contribution in [-0.4, -0.2) is 49.3 Å². The monoisotopic (exact) mass is 492 g/mol. The molecule has 2 aliphatic rings. The van der Waals surface area contributed by atoms with Crippen molar-refractivity contribution in [3.8, 4) is 0 Å². The number of pyridine rings is 1. The van der Waals surface area contributed by atoms with Crippen LogP contribution in [-0.2, 0) is 17.7 Å². The number of nitrogens with zero attached hydrogens (tertiary/aromatic N) is 5. The number of hydrogen-bond donors (Lipinski definition) is 1. The molecule has 0 radical (unpaired) electrons. The number of ether oxygens (including phenoxy) is 1. The molecule has 2 fully saturated rings. The number of aromatic amines is 1. The van der Waals surface area contributed by atoms with Crippen molar-refractivity contribution >= 4 is 10.9 Å². The van der Waals surface area contributed by atoms with Crippen LogP contribution in [0.5, 0.6) is 0 Å². The van der Waals surface area contributed by atoms with E-state index >= 15 is 0 Å². The molecular formula is C28H40N6O2. The van der Waals surface area contributed by atoms with Crippen LogP contribution in [0.25, 0.3) is 10.9 Å². The lowest BCUT2D eigenvalue weighted by atomic mass is 9.94. The summed E-state index contributed by atoms with van der Waals surface area (Å²) >= 11 is 0. The maximum absolute atomic E-state index is 13.2. The maximum atomic E-state index is 13.2. The van der Waals surface area contributed by atoms with Gasteiger partial charge in [-0.1, -0.05) is 46.1 Å². The maximum Gasteiger partial charge on any atom is 0.252 e. The zero-order chi connectivity index (χ0) is 25.1. The molecule has 5 rings (SSSR count). The van der Waals surface area contributed by atoms with Crippen LogP contribution >= 0.6 is 0 Å². The molecule has 0 spiro atoms. The molecule has 2 unspecified atom stereocenters. The van der Waals surface area contributed by atoms with Gasteiger partial charge in [-0.05, 0) is 77.6 Å². The molecule has 0 bridgehead atoms. The van der Waals surface area contributed by atoms with Crippen LogP contribution in [0, 0.1) is 5.92 Å². The lowest BCUT2D eigenvalue weighted by Gasteiger charge is -2.36. The van der Waals surface area contributed by atoms with Gasteiger partial charge in [0.05, 0.1) is 18.2 Å². The Hall–Kier alpha value is -2.58. The van der Waals surface area contributed by atoms with E-state index in [2.05, 4.69) is 69.1 Å². The van der Waals surface area contributed by atoms with Crippen molar-refractivity contribution in [3.05, 3.63) is 51.6 Å². The van der Waals surface area contributed by atoms with Gasteiger partial charge in [-0.25, -0.2) is 4.68 Å². The van der Waals surface area contributed by atoms with E-state index in [4.69, 9.17) is 4.74 Å². The molecule has 0 amide bonds. The fourth-order valence-corrected chi connectivity index (χ4v) is 6.05. The Kier molecular flexibility index (Phi) is 7.82. The van der Waals surface area contributed by atoms with Crippen LogP contribution in [0.2, 0.25) is 0 Å². The summed E-state index contributed by atoms with van der Waals surface area (Å²) in [5.74, 6) is 1.19. The van der Waals surface area contributed by atoms with Gasteiger partial charge in [-0.2, -0.15) is 0 Å². The number of H-pyrrole nitrogens is 1. The van der Waals surface area contributed by atoms with Crippen molar-refractivity contribution in [2.75, 3.05) is 13.2 Å². The molecule has 1 saturated heterocycles. The van der Waals surface area contributed by atoms with E-state index in [0.717, 1.165) is 67.5 Å². The Labute approximate surface area is 213 Å².